The Hall–Kier alpha value is -1.66. The van der Waals surface area contributed by atoms with Crippen LogP contribution in [0.25, 0.3) is 0 Å². The topological polar surface area (TPSA) is 59.5 Å². The van der Waals surface area contributed by atoms with E-state index in [0.717, 1.165) is 6.07 Å². The lowest BCUT2D eigenvalue weighted by molar-refractivity contribution is -0.138. The summed E-state index contributed by atoms with van der Waals surface area (Å²) in [7, 11) is 3.24. The molecule has 0 aromatic carbocycles. The molecule has 0 fully saturated rings. The first kappa shape index (κ1) is 17.4. The number of hydrogen-bond acceptors (Lipinski definition) is 5. The Bertz CT molecular complexity index is 603. The highest BCUT2D eigenvalue weighted by atomic mass is 35.5. The van der Waals surface area contributed by atoms with Crippen molar-refractivity contribution in [3.63, 3.8) is 0 Å². The number of rotatable bonds is 5. The van der Waals surface area contributed by atoms with Gasteiger partial charge in [0.05, 0.1) is 12.2 Å². The van der Waals surface area contributed by atoms with Crippen LogP contribution >= 0.6 is 23.2 Å². The highest BCUT2D eigenvalue weighted by Gasteiger charge is 2.25. The maximum atomic E-state index is 13.4. The number of ketones is 1. The maximum absolute atomic E-state index is 13.4. The first-order chi connectivity index (χ1) is 9.77. The van der Waals surface area contributed by atoms with Crippen LogP contribution in [0, 0.1) is 5.82 Å². The minimum atomic E-state index is -0.905. The lowest BCUT2D eigenvalue weighted by atomic mass is 10.2. The predicted octanol–water partition coefficient (Wildman–Crippen LogP) is 2.72. The number of Topliss-reactive ketones (excluding diaryl/α,β-unsaturated/α-hetero) is 1. The molecule has 1 aromatic rings. The zero-order chi connectivity index (χ0) is 16.2. The van der Waals surface area contributed by atoms with Crippen molar-refractivity contribution in [2.24, 2.45) is 0 Å². The molecule has 1 aromatic heterocycles. The monoisotopic (exact) mass is 336 g/mol. The number of pyridine rings is 1. The lowest BCUT2D eigenvalue weighted by Gasteiger charge is -2.11. The van der Waals surface area contributed by atoms with Gasteiger partial charge < -0.3 is 9.64 Å². The number of carbonyl (C=O) groups excluding carboxylic acids is 2. The van der Waals surface area contributed by atoms with Gasteiger partial charge in [0.1, 0.15) is 10.7 Å². The molecule has 0 unspecified atom stereocenters. The summed E-state index contributed by atoms with van der Waals surface area (Å²) in [5.41, 5.74) is -0.549. The zero-order valence-electron chi connectivity index (χ0n) is 11.6. The summed E-state index contributed by atoms with van der Waals surface area (Å²) in [6.07, 6.45) is 1.27. The Morgan fingerprint density at radius 3 is 2.57 bits per heavy atom. The molecular formula is C13H13Cl2FN2O3. The first-order valence-electron chi connectivity index (χ1n) is 5.89. The van der Waals surface area contributed by atoms with Crippen LogP contribution in [0.3, 0.4) is 0 Å². The number of esters is 1. The van der Waals surface area contributed by atoms with Gasteiger partial charge in [-0.1, -0.05) is 23.2 Å². The third-order valence-corrected chi connectivity index (χ3v) is 2.81. The molecule has 5 nitrogen and oxygen atoms in total. The summed E-state index contributed by atoms with van der Waals surface area (Å²) in [6, 6.07) is 0.836. The molecule has 0 bridgehead atoms. The highest BCUT2D eigenvalue weighted by molar-refractivity contribution is 6.37. The van der Waals surface area contributed by atoms with Crippen LogP contribution in [0.2, 0.25) is 10.3 Å². The van der Waals surface area contributed by atoms with E-state index in [1.165, 1.54) is 11.1 Å². The van der Waals surface area contributed by atoms with E-state index in [1.807, 2.05) is 0 Å². The molecule has 0 amide bonds. The molecule has 1 heterocycles. The molecule has 114 valence electrons. The summed E-state index contributed by atoms with van der Waals surface area (Å²) in [6.45, 7) is 1.70. The van der Waals surface area contributed by atoms with Crippen LogP contribution in [-0.4, -0.2) is 42.3 Å². The SMILES string of the molecule is CCOC(=O)/[14C](=C/N(C)C)C(=O)c1cc(F)c(Cl)nc1Cl. The Morgan fingerprint density at radius 1 is 1.43 bits per heavy atom. The zero-order valence-corrected chi connectivity index (χ0v) is 13.1. The van der Waals surface area contributed by atoms with Crippen molar-refractivity contribution in [1.82, 2.24) is 9.88 Å². The minimum absolute atomic E-state index is 0.0951. The summed E-state index contributed by atoms with van der Waals surface area (Å²) in [4.78, 5) is 29.2. The Labute approximate surface area is 131 Å². The molecule has 1 rings (SSSR count). The van der Waals surface area contributed by atoms with Crippen molar-refractivity contribution in [1.29, 1.82) is 0 Å². The largest absolute Gasteiger partial charge is 0.462 e. The van der Waals surface area contributed by atoms with Crippen molar-refractivity contribution in [2.75, 3.05) is 20.7 Å². The van der Waals surface area contributed by atoms with Crippen molar-refractivity contribution in [3.8, 4) is 0 Å². The fraction of sp³-hybridized carbons (Fsp3) is 0.308. The number of nitrogens with zero attached hydrogens (tertiary/aromatic N) is 2. The molecule has 0 saturated heterocycles. The fourth-order valence-corrected chi connectivity index (χ4v) is 1.83. The number of halogens is 3. The van der Waals surface area contributed by atoms with Crippen LogP contribution in [0.15, 0.2) is 17.8 Å². The standard InChI is InChI=1S/C13H13Cl2FN2O3/c1-4-21-13(20)8(6-18(2)3)10(19)7-5-9(16)12(15)17-11(7)14/h5-6H,4H2,1-3H3/b8-6+/i8+2. The van der Waals surface area contributed by atoms with E-state index in [-0.39, 0.29) is 22.9 Å². The summed E-state index contributed by atoms with van der Waals surface area (Å²) >= 11 is 11.3. The summed E-state index contributed by atoms with van der Waals surface area (Å²) < 4.78 is 18.2. The molecule has 0 atom stereocenters. The van der Waals surface area contributed by atoms with Crippen LogP contribution in [-0.2, 0) is 9.53 Å². The van der Waals surface area contributed by atoms with Crippen molar-refractivity contribution in [2.45, 2.75) is 6.92 Å². The van der Waals surface area contributed by atoms with Gasteiger partial charge in [0.25, 0.3) is 0 Å². The number of carbonyl (C=O) groups is 2. The minimum Gasteiger partial charge on any atom is -0.462 e. The van der Waals surface area contributed by atoms with Gasteiger partial charge in [-0.05, 0) is 13.0 Å². The van der Waals surface area contributed by atoms with Crippen molar-refractivity contribution >= 4 is 35.0 Å². The fourth-order valence-electron chi connectivity index (χ4n) is 1.42. The first-order valence-corrected chi connectivity index (χ1v) is 6.65. The van der Waals surface area contributed by atoms with Crippen LogP contribution in [0.4, 0.5) is 4.39 Å². The Balaban J connectivity index is 3.30. The van der Waals surface area contributed by atoms with Gasteiger partial charge in [-0.15, -0.1) is 0 Å². The van der Waals surface area contributed by atoms with Gasteiger partial charge in [0, 0.05) is 20.3 Å². The van der Waals surface area contributed by atoms with Gasteiger partial charge in [0.15, 0.2) is 11.0 Å². The molecule has 21 heavy (non-hydrogen) atoms. The van der Waals surface area contributed by atoms with Gasteiger partial charge in [-0.25, -0.2) is 14.2 Å². The van der Waals surface area contributed by atoms with E-state index in [9.17, 15) is 14.0 Å². The second-order valence-electron chi connectivity index (χ2n) is 4.16. The molecule has 0 N–H and O–H groups in total. The average molecular weight is 337 g/mol. The molecule has 0 saturated carbocycles. The van der Waals surface area contributed by atoms with E-state index >= 15 is 0 Å². The van der Waals surface area contributed by atoms with E-state index in [1.54, 1.807) is 21.0 Å². The van der Waals surface area contributed by atoms with Crippen molar-refractivity contribution < 1.29 is 18.7 Å². The van der Waals surface area contributed by atoms with Crippen LogP contribution in [0.1, 0.15) is 17.3 Å². The highest BCUT2D eigenvalue weighted by Crippen LogP contribution is 2.23. The third-order valence-electron chi connectivity index (χ3n) is 2.26. The molecule has 0 aliphatic carbocycles. The quantitative estimate of drug-likeness (QED) is 0.206. The lowest BCUT2D eigenvalue weighted by Crippen LogP contribution is -2.20. The molecule has 8 heteroatoms. The molecule has 0 aliphatic heterocycles. The van der Waals surface area contributed by atoms with Gasteiger partial charge in [-0.2, -0.15) is 0 Å². The molecule has 0 aliphatic rings. The second kappa shape index (κ2) is 7.38. The third kappa shape index (κ3) is 4.41. The second-order valence-corrected chi connectivity index (χ2v) is 4.87. The molecular weight excluding hydrogens is 324 g/mol. The van der Waals surface area contributed by atoms with E-state index in [2.05, 4.69) is 4.98 Å². The number of ether oxygens (including phenoxy) is 1. The number of hydrogen-bond donors (Lipinski definition) is 0. The smallest absolute Gasteiger partial charge is 0.343 e. The summed E-state index contributed by atoms with van der Waals surface area (Å²) in [5, 5.41) is -0.744. The van der Waals surface area contributed by atoms with E-state index < -0.39 is 22.7 Å². The van der Waals surface area contributed by atoms with E-state index in [0.29, 0.717) is 0 Å². The maximum Gasteiger partial charge on any atom is 0.343 e. The Morgan fingerprint density at radius 2 is 2.05 bits per heavy atom. The average Bonchev–Trinajstić information content (AvgIpc) is 2.39. The normalized spacial score (nSPS) is 11.2. The molecule has 0 radical (unpaired) electrons. The van der Waals surface area contributed by atoms with Crippen molar-refractivity contribution in [3.05, 3.63) is 39.5 Å². The predicted molar refractivity (Wildman–Crippen MR) is 76.9 cm³/mol. The van der Waals surface area contributed by atoms with Gasteiger partial charge in [0.2, 0.25) is 5.78 Å². The van der Waals surface area contributed by atoms with Gasteiger partial charge in [-0.3, -0.25) is 4.79 Å². The summed E-state index contributed by atoms with van der Waals surface area (Å²) in [5.74, 6) is -2.53. The number of aromatic nitrogens is 1. The molecule has 0 spiro atoms. The van der Waals surface area contributed by atoms with Crippen LogP contribution < -0.4 is 0 Å². The van der Waals surface area contributed by atoms with E-state index in [4.69, 9.17) is 27.9 Å². The van der Waals surface area contributed by atoms with Crippen LogP contribution in [0.5, 0.6) is 0 Å². The van der Waals surface area contributed by atoms with Gasteiger partial charge >= 0.3 is 5.97 Å². The Kier molecular flexibility index (Phi) is 6.11.